The van der Waals surface area contributed by atoms with Gasteiger partial charge in [0, 0.05) is 16.0 Å². The Hall–Kier alpha value is -1.05. The van der Waals surface area contributed by atoms with Crippen LogP contribution < -0.4 is 0 Å². The lowest BCUT2D eigenvalue weighted by molar-refractivity contribution is 0.0693. The van der Waals surface area contributed by atoms with Crippen molar-refractivity contribution in [3.63, 3.8) is 0 Å². The molecule has 7 heteroatoms. The Kier molecular flexibility index (Phi) is 4.26. The molecule has 0 fully saturated rings. The van der Waals surface area contributed by atoms with Crippen LogP contribution in [0.3, 0.4) is 0 Å². The minimum atomic E-state index is -1.42. The maximum atomic E-state index is 12.2. The Morgan fingerprint density at radius 3 is 2.89 bits per heavy atom. The van der Waals surface area contributed by atoms with Crippen LogP contribution in [-0.4, -0.2) is 20.3 Å². The van der Waals surface area contributed by atoms with E-state index in [1.807, 2.05) is 0 Å². The van der Waals surface area contributed by atoms with E-state index in [9.17, 15) is 9.00 Å². The van der Waals surface area contributed by atoms with Crippen molar-refractivity contribution in [2.45, 2.75) is 10.6 Å². The number of rotatable bonds is 4. The topological polar surface area (TPSA) is 67.3 Å². The SMILES string of the molecule is O=C(O)c1ccc(Br)cc1S(=O)Cc1nccs1. The minimum Gasteiger partial charge on any atom is -0.478 e. The van der Waals surface area contributed by atoms with E-state index in [-0.39, 0.29) is 11.3 Å². The summed E-state index contributed by atoms with van der Waals surface area (Å²) in [5.74, 6) is -0.848. The van der Waals surface area contributed by atoms with Gasteiger partial charge in [-0.1, -0.05) is 15.9 Å². The third-order valence-corrected chi connectivity index (χ3v) is 4.98. The van der Waals surface area contributed by atoms with Crippen molar-refractivity contribution >= 4 is 44.0 Å². The molecule has 94 valence electrons. The van der Waals surface area contributed by atoms with E-state index in [1.165, 1.54) is 17.4 Å². The number of carboxylic acids is 1. The highest BCUT2D eigenvalue weighted by Gasteiger charge is 2.16. The molecule has 1 unspecified atom stereocenters. The number of carboxylic acid groups (broad SMARTS) is 1. The number of aromatic nitrogens is 1. The van der Waals surface area contributed by atoms with Gasteiger partial charge in [0.25, 0.3) is 0 Å². The van der Waals surface area contributed by atoms with Gasteiger partial charge in [0.1, 0.15) is 5.01 Å². The van der Waals surface area contributed by atoms with Crippen LogP contribution in [0.2, 0.25) is 0 Å². The Bertz CT molecular complexity index is 598. The number of nitrogens with zero attached hydrogens (tertiary/aromatic N) is 1. The van der Waals surface area contributed by atoms with Gasteiger partial charge in [-0.05, 0) is 18.2 Å². The molecule has 0 radical (unpaired) electrons. The number of hydrogen-bond donors (Lipinski definition) is 1. The smallest absolute Gasteiger partial charge is 0.336 e. The first-order valence-corrected chi connectivity index (χ1v) is 7.86. The number of carbonyl (C=O) groups is 1. The van der Waals surface area contributed by atoms with Crippen molar-refractivity contribution in [3.05, 3.63) is 44.8 Å². The Morgan fingerprint density at radius 2 is 2.28 bits per heavy atom. The van der Waals surface area contributed by atoms with Crippen molar-refractivity contribution in [3.8, 4) is 0 Å². The fourth-order valence-corrected chi connectivity index (χ4v) is 4.00. The second kappa shape index (κ2) is 5.73. The average molecular weight is 346 g/mol. The monoisotopic (exact) mass is 345 g/mol. The second-order valence-corrected chi connectivity index (χ2v) is 6.68. The first-order chi connectivity index (χ1) is 8.58. The van der Waals surface area contributed by atoms with Gasteiger partial charge in [-0.2, -0.15) is 0 Å². The quantitative estimate of drug-likeness (QED) is 0.924. The van der Waals surface area contributed by atoms with Gasteiger partial charge in [-0.25, -0.2) is 9.78 Å². The maximum Gasteiger partial charge on any atom is 0.336 e. The standard InChI is InChI=1S/C11H8BrNO3S2/c12-7-1-2-8(11(14)15)9(5-7)18(16)6-10-13-3-4-17-10/h1-5H,6H2,(H,14,15). The Morgan fingerprint density at radius 1 is 1.50 bits per heavy atom. The number of halogens is 1. The normalized spacial score (nSPS) is 12.3. The van der Waals surface area contributed by atoms with Gasteiger partial charge >= 0.3 is 5.97 Å². The summed E-state index contributed by atoms with van der Waals surface area (Å²) in [5.41, 5.74) is 0.0630. The second-order valence-electron chi connectivity index (χ2n) is 3.36. The molecule has 2 rings (SSSR count). The highest BCUT2D eigenvalue weighted by atomic mass is 79.9. The van der Waals surface area contributed by atoms with Crippen LogP contribution in [-0.2, 0) is 16.6 Å². The summed E-state index contributed by atoms with van der Waals surface area (Å²) in [5, 5.41) is 11.6. The van der Waals surface area contributed by atoms with Crippen LogP contribution >= 0.6 is 27.3 Å². The molecule has 0 aliphatic rings. The molecular weight excluding hydrogens is 338 g/mol. The van der Waals surface area contributed by atoms with Crippen LogP contribution in [0.4, 0.5) is 0 Å². The largest absolute Gasteiger partial charge is 0.478 e. The molecule has 0 spiro atoms. The molecule has 18 heavy (non-hydrogen) atoms. The fraction of sp³-hybridized carbons (Fsp3) is 0.0909. The molecule has 0 aliphatic carbocycles. The summed E-state index contributed by atoms with van der Waals surface area (Å²) < 4.78 is 12.9. The van der Waals surface area contributed by atoms with E-state index in [0.717, 1.165) is 5.01 Å². The summed E-state index contributed by atoms with van der Waals surface area (Å²) in [6.07, 6.45) is 1.64. The molecule has 1 atom stereocenters. The molecule has 2 aromatic rings. The van der Waals surface area contributed by atoms with Gasteiger partial charge in [-0.3, -0.25) is 4.21 Å². The van der Waals surface area contributed by atoms with Gasteiger partial charge in [0.15, 0.2) is 0 Å². The van der Waals surface area contributed by atoms with Gasteiger partial charge in [0.05, 0.1) is 27.0 Å². The number of hydrogen-bond acceptors (Lipinski definition) is 4. The lowest BCUT2D eigenvalue weighted by atomic mass is 10.2. The van der Waals surface area contributed by atoms with Gasteiger partial charge in [0.2, 0.25) is 0 Å². The number of aromatic carboxylic acids is 1. The maximum absolute atomic E-state index is 12.2. The third-order valence-electron chi connectivity index (χ3n) is 2.16. The molecule has 0 saturated heterocycles. The van der Waals surface area contributed by atoms with E-state index >= 15 is 0 Å². The minimum absolute atomic E-state index is 0.0630. The summed E-state index contributed by atoms with van der Waals surface area (Å²) in [6, 6.07) is 4.64. The molecule has 4 nitrogen and oxygen atoms in total. The molecule has 0 bridgehead atoms. The van der Waals surface area contributed by atoms with Crippen LogP contribution in [0, 0.1) is 0 Å². The summed E-state index contributed by atoms with van der Waals surface area (Å²) in [4.78, 5) is 15.4. The van der Waals surface area contributed by atoms with Gasteiger partial charge in [-0.15, -0.1) is 11.3 Å². The summed E-state index contributed by atoms with van der Waals surface area (Å²) in [6.45, 7) is 0. The molecule has 1 N–H and O–H groups in total. The van der Waals surface area contributed by atoms with Crippen molar-refractivity contribution in [1.29, 1.82) is 0 Å². The molecule has 1 heterocycles. The molecular formula is C11H8BrNO3S2. The van der Waals surface area contributed by atoms with E-state index < -0.39 is 16.8 Å². The van der Waals surface area contributed by atoms with Crippen LogP contribution in [0.25, 0.3) is 0 Å². The zero-order chi connectivity index (χ0) is 13.1. The van der Waals surface area contributed by atoms with Gasteiger partial charge < -0.3 is 5.11 Å². The average Bonchev–Trinajstić information content (AvgIpc) is 2.81. The summed E-state index contributed by atoms with van der Waals surface area (Å²) in [7, 11) is -1.42. The van der Waals surface area contributed by atoms with Crippen LogP contribution in [0.5, 0.6) is 0 Å². The molecule has 1 aromatic carbocycles. The first-order valence-electron chi connectivity index (χ1n) is 4.87. The highest BCUT2D eigenvalue weighted by molar-refractivity contribution is 9.10. The zero-order valence-electron chi connectivity index (χ0n) is 9.00. The van der Waals surface area contributed by atoms with Crippen molar-refractivity contribution in [1.82, 2.24) is 4.98 Å². The highest BCUT2D eigenvalue weighted by Crippen LogP contribution is 2.22. The fourth-order valence-electron chi connectivity index (χ4n) is 1.38. The van der Waals surface area contributed by atoms with Crippen molar-refractivity contribution in [2.75, 3.05) is 0 Å². The lowest BCUT2D eigenvalue weighted by Gasteiger charge is -2.05. The third kappa shape index (κ3) is 3.04. The lowest BCUT2D eigenvalue weighted by Crippen LogP contribution is -2.06. The zero-order valence-corrected chi connectivity index (χ0v) is 12.2. The molecule has 0 aliphatic heterocycles. The van der Waals surface area contributed by atoms with E-state index in [0.29, 0.717) is 9.37 Å². The van der Waals surface area contributed by atoms with Crippen LogP contribution in [0.1, 0.15) is 15.4 Å². The first kappa shape index (κ1) is 13.4. The van der Waals surface area contributed by atoms with E-state index in [4.69, 9.17) is 5.11 Å². The van der Waals surface area contributed by atoms with Crippen molar-refractivity contribution < 1.29 is 14.1 Å². The number of thiazole rings is 1. The summed E-state index contributed by atoms with van der Waals surface area (Å²) >= 11 is 4.65. The molecule has 0 amide bonds. The van der Waals surface area contributed by atoms with E-state index in [1.54, 1.807) is 23.7 Å². The predicted octanol–water partition coefficient (Wildman–Crippen LogP) is 2.91. The molecule has 0 saturated carbocycles. The number of benzene rings is 1. The predicted molar refractivity (Wildman–Crippen MR) is 73.3 cm³/mol. The Balaban J connectivity index is 2.34. The van der Waals surface area contributed by atoms with E-state index in [2.05, 4.69) is 20.9 Å². The molecule has 1 aromatic heterocycles. The van der Waals surface area contributed by atoms with Crippen molar-refractivity contribution in [2.24, 2.45) is 0 Å². The Labute approximate surface area is 118 Å². The van der Waals surface area contributed by atoms with Crippen LogP contribution in [0.15, 0.2) is 39.1 Å².